The van der Waals surface area contributed by atoms with Crippen LogP contribution >= 0.6 is 0 Å². The summed E-state index contributed by atoms with van der Waals surface area (Å²) in [5.41, 5.74) is -0.683. The standard InChI is InChI=1S/C20H25F3N2O4/c1-19(2)18(27)17(25-8-7-24(11-16(25)26)10-12-3-4-12)14-9-13(28-20(21,22)23)5-6-15(14)29-19/h5-6,9,12,17-18,27H,3-4,7-8,10-11H2,1-2H3/t17-,18+/m1/s1. The summed E-state index contributed by atoms with van der Waals surface area (Å²) in [5, 5.41) is 11.0. The first kappa shape index (κ1) is 20.3. The fraction of sp³-hybridized carbons (Fsp3) is 0.650. The van der Waals surface area contributed by atoms with Crippen LogP contribution in [0.5, 0.6) is 11.5 Å². The first-order chi connectivity index (χ1) is 13.5. The number of aliphatic hydroxyl groups excluding tert-OH is 1. The maximum atomic E-state index is 12.9. The predicted molar refractivity (Wildman–Crippen MR) is 97.5 cm³/mol. The van der Waals surface area contributed by atoms with Crippen molar-refractivity contribution >= 4 is 5.91 Å². The number of hydrogen-bond donors (Lipinski definition) is 1. The Morgan fingerprint density at radius 2 is 2.00 bits per heavy atom. The molecular weight excluding hydrogens is 389 g/mol. The van der Waals surface area contributed by atoms with Gasteiger partial charge in [0.1, 0.15) is 23.2 Å². The van der Waals surface area contributed by atoms with Gasteiger partial charge in [0.2, 0.25) is 5.91 Å². The zero-order valence-electron chi connectivity index (χ0n) is 16.4. The van der Waals surface area contributed by atoms with Crippen LogP contribution in [-0.2, 0) is 4.79 Å². The van der Waals surface area contributed by atoms with Gasteiger partial charge in [0, 0.05) is 25.2 Å². The van der Waals surface area contributed by atoms with Crippen LogP contribution in [0.15, 0.2) is 18.2 Å². The molecule has 1 aromatic carbocycles. The lowest BCUT2D eigenvalue weighted by atomic mass is 9.85. The third-order valence-electron chi connectivity index (χ3n) is 5.80. The van der Waals surface area contributed by atoms with Crippen LogP contribution in [0.4, 0.5) is 13.2 Å². The highest BCUT2D eigenvalue weighted by Crippen LogP contribution is 2.45. The fourth-order valence-electron chi connectivity index (χ4n) is 4.13. The molecule has 1 saturated carbocycles. The van der Waals surface area contributed by atoms with Gasteiger partial charge in [-0.2, -0.15) is 0 Å². The molecule has 1 aromatic rings. The van der Waals surface area contributed by atoms with Gasteiger partial charge in [-0.05, 0) is 50.8 Å². The zero-order valence-corrected chi connectivity index (χ0v) is 16.4. The van der Waals surface area contributed by atoms with Crippen molar-refractivity contribution in [3.8, 4) is 11.5 Å². The van der Waals surface area contributed by atoms with Gasteiger partial charge in [0.05, 0.1) is 12.6 Å². The van der Waals surface area contributed by atoms with Crippen LogP contribution in [0.2, 0.25) is 0 Å². The van der Waals surface area contributed by atoms with E-state index in [-0.39, 0.29) is 12.5 Å². The third-order valence-corrected chi connectivity index (χ3v) is 5.80. The summed E-state index contributed by atoms with van der Waals surface area (Å²) >= 11 is 0. The highest BCUT2D eigenvalue weighted by Gasteiger charge is 2.48. The molecule has 160 valence electrons. The molecule has 1 saturated heterocycles. The first-order valence-corrected chi connectivity index (χ1v) is 9.82. The van der Waals surface area contributed by atoms with E-state index in [1.807, 2.05) is 0 Å². The second-order valence-electron chi connectivity index (χ2n) is 8.61. The van der Waals surface area contributed by atoms with Crippen LogP contribution in [0.25, 0.3) is 0 Å². The number of piperazine rings is 1. The molecule has 2 atom stereocenters. The van der Waals surface area contributed by atoms with Gasteiger partial charge in [-0.1, -0.05) is 0 Å². The fourth-order valence-corrected chi connectivity index (χ4v) is 4.13. The van der Waals surface area contributed by atoms with Crippen molar-refractivity contribution in [1.82, 2.24) is 9.80 Å². The Labute approximate surface area is 167 Å². The van der Waals surface area contributed by atoms with E-state index >= 15 is 0 Å². The Morgan fingerprint density at radius 3 is 2.62 bits per heavy atom. The Kier molecular flexibility index (Phi) is 4.93. The summed E-state index contributed by atoms with van der Waals surface area (Å²) in [6.07, 6.45) is -3.55. The van der Waals surface area contributed by atoms with Gasteiger partial charge < -0.3 is 19.5 Å². The summed E-state index contributed by atoms with van der Waals surface area (Å²) in [7, 11) is 0. The summed E-state index contributed by atoms with van der Waals surface area (Å²) in [6.45, 7) is 5.59. The maximum Gasteiger partial charge on any atom is 0.573 e. The van der Waals surface area contributed by atoms with Crippen molar-refractivity contribution < 1.29 is 32.5 Å². The molecule has 0 unspecified atom stereocenters. The van der Waals surface area contributed by atoms with E-state index in [2.05, 4.69) is 9.64 Å². The SMILES string of the molecule is CC1(C)Oc2ccc(OC(F)(F)F)cc2[C@@H](N2CCN(CC3CC3)CC2=O)[C@@H]1O. The van der Waals surface area contributed by atoms with Gasteiger partial charge in [-0.25, -0.2) is 0 Å². The van der Waals surface area contributed by atoms with Crippen molar-refractivity contribution in [3.63, 3.8) is 0 Å². The number of ether oxygens (including phenoxy) is 2. The Morgan fingerprint density at radius 1 is 1.28 bits per heavy atom. The van der Waals surface area contributed by atoms with Crippen LogP contribution in [0, 0.1) is 5.92 Å². The molecule has 2 fully saturated rings. The summed E-state index contributed by atoms with van der Waals surface area (Å²) in [5.74, 6) is 0.445. The third kappa shape index (κ3) is 4.30. The molecule has 0 radical (unpaired) electrons. The van der Waals surface area contributed by atoms with Crippen molar-refractivity contribution in [2.24, 2.45) is 5.92 Å². The van der Waals surface area contributed by atoms with E-state index in [1.165, 1.54) is 31.0 Å². The van der Waals surface area contributed by atoms with E-state index in [9.17, 15) is 23.1 Å². The Bertz CT molecular complexity index is 794. The van der Waals surface area contributed by atoms with Crippen LogP contribution in [0.1, 0.15) is 38.3 Å². The van der Waals surface area contributed by atoms with Crippen molar-refractivity contribution in [2.75, 3.05) is 26.2 Å². The van der Waals surface area contributed by atoms with Crippen molar-refractivity contribution in [3.05, 3.63) is 23.8 Å². The van der Waals surface area contributed by atoms with Crippen LogP contribution < -0.4 is 9.47 Å². The number of carbonyl (C=O) groups is 1. The lowest BCUT2D eigenvalue weighted by molar-refractivity contribution is -0.274. The van der Waals surface area contributed by atoms with Crippen LogP contribution in [-0.4, -0.2) is 65.1 Å². The normalized spacial score (nSPS) is 27.4. The monoisotopic (exact) mass is 414 g/mol. The quantitative estimate of drug-likeness (QED) is 0.821. The molecule has 2 aliphatic heterocycles. The topological polar surface area (TPSA) is 62.2 Å². The minimum Gasteiger partial charge on any atom is -0.485 e. The van der Waals surface area contributed by atoms with Crippen molar-refractivity contribution in [1.29, 1.82) is 0 Å². The number of alkyl halides is 3. The second kappa shape index (κ2) is 7.05. The summed E-state index contributed by atoms with van der Waals surface area (Å²) in [4.78, 5) is 16.6. The molecule has 1 N–H and O–H groups in total. The minimum absolute atomic E-state index is 0.147. The molecule has 0 bridgehead atoms. The van der Waals surface area contributed by atoms with Gasteiger partial charge >= 0.3 is 6.36 Å². The summed E-state index contributed by atoms with van der Waals surface area (Å²) < 4.78 is 47.9. The van der Waals surface area contributed by atoms with Gasteiger partial charge in [0.15, 0.2) is 0 Å². The molecular formula is C20H25F3N2O4. The van der Waals surface area contributed by atoms with E-state index in [0.29, 0.717) is 30.3 Å². The highest BCUT2D eigenvalue weighted by molar-refractivity contribution is 5.80. The smallest absolute Gasteiger partial charge is 0.485 e. The van der Waals surface area contributed by atoms with E-state index in [1.54, 1.807) is 18.7 Å². The van der Waals surface area contributed by atoms with E-state index in [4.69, 9.17) is 4.74 Å². The molecule has 3 aliphatic rings. The zero-order chi connectivity index (χ0) is 21.0. The Balaban J connectivity index is 1.63. The maximum absolute atomic E-state index is 12.9. The lowest BCUT2D eigenvalue weighted by Gasteiger charge is -2.48. The van der Waals surface area contributed by atoms with Gasteiger partial charge in [-0.3, -0.25) is 9.69 Å². The van der Waals surface area contributed by atoms with Gasteiger partial charge in [-0.15, -0.1) is 13.2 Å². The number of hydrogen-bond acceptors (Lipinski definition) is 5. The van der Waals surface area contributed by atoms with E-state index in [0.717, 1.165) is 6.54 Å². The largest absolute Gasteiger partial charge is 0.573 e. The molecule has 0 aromatic heterocycles. The molecule has 1 amide bonds. The number of rotatable bonds is 4. The molecule has 0 spiro atoms. The number of carbonyl (C=O) groups excluding carboxylic acids is 1. The Hall–Kier alpha value is -2.00. The number of halogens is 3. The average Bonchev–Trinajstić information content (AvgIpc) is 3.40. The number of amides is 1. The number of fused-ring (bicyclic) bond motifs is 1. The molecule has 9 heteroatoms. The van der Waals surface area contributed by atoms with Crippen molar-refractivity contribution in [2.45, 2.75) is 50.8 Å². The molecule has 1 aliphatic carbocycles. The molecule has 4 rings (SSSR count). The second-order valence-corrected chi connectivity index (χ2v) is 8.61. The summed E-state index contributed by atoms with van der Waals surface area (Å²) in [6, 6.07) is 2.97. The van der Waals surface area contributed by atoms with Crippen LogP contribution in [0.3, 0.4) is 0 Å². The first-order valence-electron chi connectivity index (χ1n) is 9.82. The van der Waals surface area contributed by atoms with Gasteiger partial charge in [0.25, 0.3) is 0 Å². The average molecular weight is 414 g/mol. The van der Waals surface area contributed by atoms with E-state index < -0.39 is 29.9 Å². The number of aliphatic hydroxyl groups is 1. The highest BCUT2D eigenvalue weighted by atomic mass is 19.4. The predicted octanol–water partition coefficient (Wildman–Crippen LogP) is 2.71. The molecule has 2 heterocycles. The lowest BCUT2D eigenvalue weighted by Crippen LogP contribution is -2.59. The number of benzene rings is 1. The molecule has 29 heavy (non-hydrogen) atoms. The molecule has 6 nitrogen and oxygen atoms in total. The number of nitrogens with zero attached hydrogens (tertiary/aromatic N) is 2. The minimum atomic E-state index is -4.83.